The van der Waals surface area contributed by atoms with Crippen molar-refractivity contribution in [2.45, 2.75) is 32.8 Å². The number of Topliss-reactive ketones (excluding diaryl/α,β-unsaturated/α-hetero) is 2. The zero-order valence-electron chi connectivity index (χ0n) is 11.6. The third-order valence-corrected chi connectivity index (χ3v) is 2.71. The van der Waals surface area contributed by atoms with Gasteiger partial charge in [-0.15, -0.1) is 0 Å². The van der Waals surface area contributed by atoms with Gasteiger partial charge in [-0.3, -0.25) is 9.59 Å². The third-order valence-electron chi connectivity index (χ3n) is 2.71. The fourth-order valence-electron chi connectivity index (χ4n) is 1.55. The second-order valence-corrected chi connectivity index (χ2v) is 4.42. The number of rotatable bonds is 8. The monoisotopic (exact) mass is 277 g/mol. The van der Waals surface area contributed by atoms with Crippen molar-refractivity contribution in [3.63, 3.8) is 0 Å². The first-order chi connectivity index (χ1) is 9.59. The Morgan fingerprint density at radius 3 is 2.45 bits per heavy atom. The maximum atomic E-state index is 11.4. The van der Waals surface area contributed by atoms with Crippen LogP contribution < -0.4 is 5.32 Å². The van der Waals surface area contributed by atoms with Crippen LogP contribution in [0.15, 0.2) is 30.3 Å². The van der Waals surface area contributed by atoms with Crippen LogP contribution in [-0.4, -0.2) is 24.2 Å². The summed E-state index contributed by atoms with van der Waals surface area (Å²) in [4.78, 5) is 33.1. The molecule has 0 heterocycles. The van der Waals surface area contributed by atoms with E-state index in [0.29, 0.717) is 19.4 Å². The minimum atomic E-state index is -0.480. The first-order valence-electron chi connectivity index (χ1n) is 6.58. The molecule has 1 N–H and O–H groups in total. The maximum absolute atomic E-state index is 11.4. The molecule has 0 aliphatic carbocycles. The second kappa shape index (κ2) is 8.85. The van der Waals surface area contributed by atoms with Gasteiger partial charge in [-0.05, 0) is 18.4 Å². The number of amides is 1. The molecule has 0 atom stereocenters. The van der Waals surface area contributed by atoms with Crippen molar-refractivity contribution in [3.8, 4) is 0 Å². The molecule has 0 saturated carbocycles. The molecule has 20 heavy (non-hydrogen) atoms. The summed E-state index contributed by atoms with van der Waals surface area (Å²) in [6.07, 6.45) is 0.971. The Labute approximate surface area is 118 Å². The predicted molar refractivity (Wildman–Crippen MR) is 74.2 cm³/mol. The quantitative estimate of drug-likeness (QED) is 0.584. The molecule has 5 nitrogen and oxygen atoms in total. The molecule has 0 unspecified atom stereocenters. The summed E-state index contributed by atoms with van der Waals surface area (Å²) in [5, 5.41) is 2.60. The Kier molecular flexibility index (Phi) is 7.03. The molecule has 1 rings (SSSR count). The standard InChI is InChI=1S/C15H19NO4/c1-12(17)14(18)9-5-6-10-16-15(19)20-11-13-7-3-2-4-8-13/h2-4,7-8H,5-6,9-11H2,1H3,(H,16,19). The number of ketones is 2. The highest BCUT2D eigenvalue weighted by atomic mass is 16.5. The predicted octanol–water partition coefficient (Wildman–Crippen LogP) is 2.24. The van der Waals surface area contributed by atoms with Crippen LogP contribution in [-0.2, 0) is 20.9 Å². The maximum Gasteiger partial charge on any atom is 0.407 e. The first-order valence-corrected chi connectivity index (χ1v) is 6.58. The van der Waals surface area contributed by atoms with Crippen LogP contribution in [0.4, 0.5) is 4.79 Å². The van der Waals surface area contributed by atoms with Gasteiger partial charge in [-0.2, -0.15) is 0 Å². The summed E-state index contributed by atoms with van der Waals surface area (Å²) in [5.41, 5.74) is 0.926. The van der Waals surface area contributed by atoms with Gasteiger partial charge < -0.3 is 10.1 Å². The van der Waals surface area contributed by atoms with Crippen LogP contribution in [0.5, 0.6) is 0 Å². The number of carbonyl (C=O) groups excluding carboxylic acids is 3. The van der Waals surface area contributed by atoms with E-state index in [4.69, 9.17) is 4.74 Å². The van der Waals surface area contributed by atoms with Gasteiger partial charge in [-0.1, -0.05) is 30.3 Å². The molecule has 0 spiro atoms. The lowest BCUT2D eigenvalue weighted by Gasteiger charge is -2.06. The first kappa shape index (κ1) is 15.9. The number of nitrogens with one attached hydrogen (secondary N) is 1. The molecular weight excluding hydrogens is 258 g/mol. The number of benzene rings is 1. The van der Waals surface area contributed by atoms with E-state index < -0.39 is 11.9 Å². The summed E-state index contributed by atoms with van der Waals surface area (Å²) in [6, 6.07) is 9.40. The van der Waals surface area contributed by atoms with Crippen molar-refractivity contribution < 1.29 is 19.1 Å². The normalized spacial score (nSPS) is 9.85. The van der Waals surface area contributed by atoms with Crippen molar-refractivity contribution in [2.75, 3.05) is 6.54 Å². The molecule has 0 bridgehead atoms. The van der Waals surface area contributed by atoms with Gasteiger partial charge in [0.2, 0.25) is 0 Å². The van der Waals surface area contributed by atoms with Crippen LogP contribution in [0.2, 0.25) is 0 Å². The van der Waals surface area contributed by atoms with Crippen molar-refractivity contribution in [1.29, 1.82) is 0 Å². The molecule has 0 fully saturated rings. The molecule has 1 amide bonds. The summed E-state index contributed by atoms with van der Waals surface area (Å²) in [5.74, 6) is -0.781. The van der Waals surface area contributed by atoms with Gasteiger partial charge in [0.15, 0.2) is 11.6 Å². The van der Waals surface area contributed by atoms with Crippen LogP contribution in [0, 0.1) is 0 Å². The fraction of sp³-hybridized carbons (Fsp3) is 0.400. The fourth-order valence-corrected chi connectivity index (χ4v) is 1.55. The molecule has 108 valence electrons. The number of hydrogen-bond donors (Lipinski definition) is 1. The van der Waals surface area contributed by atoms with E-state index in [9.17, 15) is 14.4 Å². The third kappa shape index (κ3) is 6.68. The lowest BCUT2D eigenvalue weighted by atomic mass is 10.1. The number of ether oxygens (including phenoxy) is 1. The molecule has 0 radical (unpaired) electrons. The molecular formula is C15H19NO4. The summed E-state index contributed by atoms with van der Waals surface area (Å²) < 4.78 is 5.02. The average Bonchev–Trinajstić information content (AvgIpc) is 2.45. The Morgan fingerprint density at radius 2 is 1.80 bits per heavy atom. The van der Waals surface area contributed by atoms with Gasteiger partial charge in [-0.25, -0.2) is 4.79 Å². The molecule has 1 aromatic carbocycles. The van der Waals surface area contributed by atoms with Gasteiger partial charge >= 0.3 is 6.09 Å². The second-order valence-electron chi connectivity index (χ2n) is 4.42. The number of hydrogen-bond acceptors (Lipinski definition) is 4. The van der Waals surface area contributed by atoms with Gasteiger partial charge in [0, 0.05) is 19.9 Å². The number of unbranched alkanes of at least 4 members (excludes halogenated alkanes) is 1. The van der Waals surface area contributed by atoms with Crippen molar-refractivity contribution >= 4 is 17.7 Å². The summed E-state index contributed by atoms with van der Waals surface area (Å²) >= 11 is 0. The lowest BCUT2D eigenvalue weighted by Crippen LogP contribution is -2.25. The Morgan fingerprint density at radius 1 is 1.10 bits per heavy atom. The van der Waals surface area contributed by atoms with Crippen molar-refractivity contribution in [3.05, 3.63) is 35.9 Å². The molecule has 0 aromatic heterocycles. The topological polar surface area (TPSA) is 72.5 Å². The average molecular weight is 277 g/mol. The van der Waals surface area contributed by atoms with Gasteiger partial charge in [0.25, 0.3) is 0 Å². The van der Waals surface area contributed by atoms with E-state index in [2.05, 4.69) is 5.32 Å². The Bertz CT molecular complexity index is 456. The number of alkyl carbamates (subject to hydrolysis) is 1. The highest BCUT2D eigenvalue weighted by Gasteiger charge is 2.07. The van der Waals surface area contributed by atoms with Crippen LogP contribution >= 0.6 is 0 Å². The van der Waals surface area contributed by atoms with E-state index in [0.717, 1.165) is 5.56 Å². The van der Waals surface area contributed by atoms with Crippen LogP contribution in [0.25, 0.3) is 0 Å². The summed E-state index contributed by atoms with van der Waals surface area (Å²) in [7, 11) is 0. The highest BCUT2D eigenvalue weighted by Crippen LogP contribution is 2.01. The zero-order valence-corrected chi connectivity index (χ0v) is 11.6. The number of carbonyl (C=O) groups is 3. The molecule has 0 saturated heterocycles. The Balaban J connectivity index is 2.06. The van der Waals surface area contributed by atoms with E-state index in [1.54, 1.807) is 0 Å². The molecule has 0 aliphatic rings. The minimum absolute atomic E-state index is 0.232. The van der Waals surface area contributed by atoms with E-state index in [-0.39, 0.29) is 18.8 Å². The smallest absolute Gasteiger partial charge is 0.407 e. The lowest BCUT2D eigenvalue weighted by molar-refractivity contribution is -0.135. The molecule has 1 aromatic rings. The van der Waals surface area contributed by atoms with E-state index >= 15 is 0 Å². The van der Waals surface area contributed by atoms with Gasteiger partial charge in [0.05, 0.1) is 0 Å². The molecule has 5 heteroatoms. The van der Waals surface area contributed by atoms with E-state index in [1.807, 2.05) is 30.3 Å². The highest BCUT2D eigenvalue weighted by molar-refractivity contribution is 6.36. The van der Waals surface area contributed by atoms with Crippen molar-refractivity contribution in [2.24, 2.45) is 0 Å². The SMILES string of the molecule is CC(=O)C(=O)CCCCNC(=O)OCc1ccccc1. The van der Waals surface area contributed by atoms with Gasteiger partial charge in [0.1, 0.15) is 6.61 Å². The van der Waals surface area contributed by atoms with Crippen LogP contribution in [0.1, 0.15) is 31.7 Å². The zero-order chi connectivity index (χ0) is 14.8. The van der Waals surface area contributed by atoms with E-state index in [1.165, 1.54) is 6.92 Å². The molecule has 0 aliphatic heterocycles. The van der Waals surface area contributed by atoms with Crippen molar-refractivity contribution in [1.82, 2.24) is 5.32 Å². The summed E-state index contributed by atoms with van der Waals surface area (Å²) in [6.45, 7) is 1.93. The Hall–Kier alpha value is -2.17. The van der Waals surface area contributed by atoms with Crippen LogP contribution in [0.3, 0.4) is 0 Å². The largest absolute Gasteiger partial charge is 0.445 e. The minimum Gasteiger partial charge on any atom is -0.445 e.